The van der Waals surface area contributed by atoms with Gasteiger partial charge in [0.15, 0.2) is 0 Å². The van der Waals surface area contributed by atoms with Gasteiger partial charge >= 0.3 is 0 Å². The molecule has 0 aliphatic heterocycles. The summed E-state index contributed by atoms with van der Waals surface area (Å²) in [4.78, 5) is 10.5. The Morgan fingerprint density at radius 3 is 2.46 bits per heavy atom. The van der Waals surface area contributed by atoms with E-state index in [1.54, 1.807) is 0 Å². The molecule has 0 aliphatic rings. The van der Waals surface area contributed by atoms with Crippen LogP contribution in [0.1, 0.15) is 46.5 Å². The van der Waals surface area contributed by atoms with E-state index in [0.29, 0.717) is 12.3 Å². The third-order valence-electron chi connectivity index (χ3n) is 2.10. The third-order valence-corrected chi connectivity index (χ3v) is 2.10. The molecule has 0 aromatic carbocycles. The van der Waals surface area contributed by atoms with Crippen LogP contribution in [0, 0.1) is 5.92 Å². The largest absolute Gasteiger partial charge is 0.370 e. The Balaban J connectivity index is 3.46. The van der Waals surface area contributed by atoms with Crippen LogP contribution in [0.15, 0.2) is 11.6 Å². The standard InChI is InChI=1S/C11H21NO/c1-9(2)5-4-6-10(3)7-8-11(12)13/h5,10H,4,6-8H2,1-3H3,(H2,12,13)/t10-/m0/s1. The summed E-state index contributed by atoms with van der Waals surface area (Å²) < 4.78 is 0. The molecule has 0 spiro atoms. The maximum atomic E-state index is 10.5. The van der Waals surface area contributed by atoms with Crippen LogP contribution < -0.4 is 5.73 Å². The highest BCUT2D eigenvalue weighted by atomic mass is 16.1. The molecule has 0 unspecified atom stereocenters. The predicted octanol–water partition coefficient (Wildman–Crippen LogP) is 2.63. The fourth-order valence-electron chi connectivity index (χ4n) is 1.19. The Kier molecular flexibility index (Phi) is 6.29. The van der Waals surface area contributed by atoms with Crippen molar-refractivity contribution in [2.45, 2.75) is 46.5 Å². The van der Waals surface area contributed by atoms with Crippen molar-refractivity contribution in [1.82, 2.24) is 0 Å². The summed E-state index contributed by atoms with van der Waals surface area (Å²) >= 11 is 0. The molecule has 0 rings (SSSR count). The average Bonchev–Trinajstić information content (AvgIpc) is 2.00. The van der Waals surface area contributed by atoms with Gasteiger partial charge in [-0.25, -0.2) is 0 Å². The Bertz CT molecular complexity index is 181. The Morgan fingerprint density at radius 1 is 1.38 bits per heavy atom. The number of nitrogens with two attached hydrogens (primary N) is 1. The monoisotopic (exact) mass is 183 g/mol. The third kappa shape index (κ3) is 9.12. The molecule has 0 fully saturated rings. The number of primary amides is 1. The van der Waals surface area contributed by atoms with Gasteiger partial charge in [0.2, 0.25) is 5.91 Å². The molecular weight excluding hydrogens is 162 g/mol. The Hall–Kier alpha value is -0.790. The smallest absolute Gasteiger partial charge is 0.217 e. The molecule has 0 radical (unpaired) electrons. The van der Waals surface area contributed by atoms with Crippen molar-refractivity contribution in [2.75, 3.05) is 0 Å². The molecule has 76 valence electrons. The molecule has 2 N–H and O–H groups in total. The normalized spacial score (nSPS) is 12.2. The van der Waals surface area contributed by atoms with Gasteiger partial charge < -0.3 is 5.73 Å². The van der Waals surface area contributed by atoms with E-state index in [-0.39, 0.29) is 5.91 Å². The van der Waals surface area contributed by atoms with Gasteiger partial charge in [0.25, 0.3) is 0 Å². The molecule has 0 bridgehead atoms. The molecule has 13 heavy (non-hydrogen) atoms. The number of carbonyl (C=O) groups excluding carboxylic acids is 1. The van der Waals surface area contributed by atoms with Crippen molar-refractivity contribution < 1.29 is 4.79 Å². The summed E-state index contributed by atoms with van der Waals surface area (Å²) in [7, 11) is 0. The van der Waals surface area contributed by atoms with Crippen molar-refractivity contribution in [1.29, 1.82) is 0 Å². The van der Waals surface area contributed by atoms with E-state index in [9.17, 15) is 4.79 Å². The highest BCUT2D eigenvalue weighted by molar-refractivity contribution is 5.73. The minimum absolute atomic E-state index is 0.186. The summed E-state index contributed by atoms with van der Waals surface area (Å²) in [5, 5.41) is 0. The van der Waals surface area contributed by atoms with E-state index in [2.05, 4.69) is 26.8 Å². The van der Waals surface area contributed by atoms with Gasteiger partial charge in [-0.2, -0.15) is 0 Å². The van der Waals surface area contributed by atoms with E-state index in [1.165, 1.54) is 5.57 Å². The van der Waals surface area contributed by atoms with E-state index < -0.39 is 0 Å². The van der Waals surface area contributed by atoms with Gasteiger partial charge in [0.05, 0.1) is 0 Å². The average molecular weight is 183 g/mol. The molecule has 2 nitrogen and oxygen atoms in total. The second-order valence-corrected chi connectivity index (χ2v) is 3.97. The maximum Gasteiger partial charge on any atom is 0.217 e. The first-order valence-electron chi connectivity index (χ1n) is 4.94. The topological polar surface area (TPSA) is 43.1 Å². The SMILES string of the molecule is CC(C)=CCC[C@H](C)CCC(N)=O. The lowest BCUT2D eigenvalue weighted by Crippen LogP contribution is -2.11. The Labute approximate surface area is 81.2 Å². The van der Waals surface area contributed by atoms with Gasteiger partial charge in [-0.1, -0.05) is 18.6 Å². The first kappa shape index (κ1) is 12.2. The summed E-state index contributed by atoms with van der Waals surface area (Å²) in [6.45, 7) is 6.38. The number of allylic oxidation sites excluding steroid dienone is 2. The van der Waals surface area contributed by atoms with Crippen LogP contribution in [0.2, 0.25) is 0 Å². The fraction of sp³-hybridized carbons (Fsp3) is 0.727. The van der Waals surface area contributed by atoms with Crippen LogP contribution >= 0.6 is 0 Å². The summed E-state index contributed by atoms with van der Waals surface area (Å²) in [6.07, 6.45) is 5.95. The van der Waals surface area contributed by atoms with Gasteiger partial charge in [0, 0.05) is 6.42 Å². The molecule has 1 amide bonds. The van der Waals surface area contributed by atoms with Gasteiger partial charge in [-0.05, 0) is 39.0 Å². The molecule has 2 heteroatoms. The quantitative estimate of drug-likeness (QED) is 0.632. The van der Waals surface area contributed by atoms with Gasteiger partial charge in [-0.15, -0.1) is 0 Å². The van der Waals surface area contributed by atoms with Gasteiger partial charge in [-0.3, -0.25) is 4.79 Å². The molecule has 0 saturated heterocycles. The van der Waals surface area contributed by atoms with Crippen LogP contribution in [-0.4, -0.2) is 5.91 Å². The number of rotatable bonds is 6. The van der Waals surface area contributed by atoms with E-state index in [4.69, 9.17) is 5.73 Å². The van der Waals surface area contributed by atoms with Crippen LogP contribution in [-0.2, 0) is 4.79 Å². The predicted molar refractivity (Wildman–Crippen MR) is 56.3 cm³/mol. The van der Waals surface area contributed by atoms with E-state index in [1.807, 2.05) is 0 Å². The minimum Gasteiger partial charge on any atom is -0.370 e. The second-order valence-electron chi connectivity index (χ2n) is 3.97. The number of amides is 1. The second kappa shape index (κ2) is 6.70. The van der Waals surface area contributed by atoms with Crippen LogP contribution in [0.3, 0.4) is 0 Å². The van der Waals surface area contributed by atoms with Crippen LogP contribution in [0.5, 0.6) is 0 Å². The summed E-state index contributed by atoms with van der Waals surface area (Å²) in [6, 6.07) is 0. The first-order chi connectivity index (χ1) is 6.02. The maximum absolute atomic E-state index is 10.5. The fourth-order valence-corrected chi connectivity index (χ4v) is 1.19. The van der Waals surface area contributed by atoms with Crippen molar-refractivity contribution >= 4 is 5.91 Å². The molecule has 0 aliphatic carbocycles. The lowest BCUT2D eigenvalue weighted by molar-refractivity contribution is -0.118. The van der Waals surface area contributed by atoms with E-state index in [0.717, 1.165) is 19.3 Å². The number of carbonyl (C=O) groups is 1. The molecule has 0 heterocycles. The zero-order chi connectivity index (χ0) is 10.3. The van der Waals surface area contributed by atoms with Crippen LogP contribution in [0.25, 0.3) is 0 Å². The zero-order valence-corrected chi connectivity index (χ0v) is 8.97. The lowest BCUT2D eigenvalue weighted by Gasteiger charge is -2.07. The van der Waals surface area contributed by atoms with Crippen molar-refractivity contribution in [3.8, 4) is 0 Å². The van der Waals surface area contributed by atoms with Gasteiger partial charge in [0.1, 0.15) is 0 Å². The Morgan fingerprint density at radius 2 is 2.00 bits per heavy atom. The van der Waals surface area contributed by atoms with Crippen molar-refractivity contribution in [3.05, 3.63) is 11.6 Å². The number of hydrogen-bond donors (Lipinski definition) is 1. The highest BCUT2D eigenvalue weighted by Gasteiger charge is 2.02. The van der Waals surface area contributed by atoms with Crippen LogP contribution in [0.4, 0.5) is 0 Å². The minimum atomic E-state index is -0.186. The van der Waals surface area contributed by atoms with E-state index >= 15 is 0 Å². The summed E-state index contributed by atoms with van der Waals surface area (Å²) in [5.74, 6) is 0.414. The first-order valence-corrected chi connectivity index (χ1v) is 4.94. The molecule has 0 aromatic rings. The molecule has 0 aromatic heterocycles. The molecule has 1 atom stereocenters. The highest BCUT2D eigenvalue weighted by Crippen LogP contribution is 2.13. The van der Waals surface area contributed by atoms with Crippen molar-refractivity contribution in [2.24, 2.45) is 11.7 Å². The zero-order valence-electron chi connectivity index (χ0n) is 8.97. The number of hydrogen-bond acceptors (Lipinski definition) is 1. The molecule has 0 saturated carbocycles. The van der Waals surface area contributed by atoms with Crippen molar-refractivity contribution in [3.63, 3.8) is 0 Å². The summed E-state index contributed by atoms with van der Waals surface area (Å²) in [5.41, 5.74) is 6.43. The lowest BCUT2D eigenvalue weighted by atomic mass is 9.99. The molecular formula is C11H21NO.